The monoisotopic (exact) mass is 205 g/mol. The smallest absolute Gasteiger partial charge is 0.130 e. The molecule has 15 heavy (non-hydrogen) atoms. The van der Waals surface area contributed by atoms with Crippen molar-refractivity contribution in [1.82, 2.24) is 0 Å². The predicted molar refractivity (Wildman–Crippen MR) is 60.9 cm³/mol. The van der Waals surface area contributed by atoms with Crippen molar-refractivity contribution < 1.29 is 4.39 Å². The second-order valence-electron chi connectivity index (χ2n) is 4.25. The highest BCUT2D eigenvalue weighted by Gasteiger charge is 2.14. The Labute approximate surface area is 89.8 Å². The number of halogens is 1. The van der Waals surface area contributed by atoms with Gasteiger partial charge in [-0.2, -0.15) is 0 Å². The first-order valence-corrected chi connectivity index (χ1v) is 5.38. The highest BCUT2D eigenvalue weighted by molar-refractivity contribution is 5.67. The van der Waals surface area contributed by atoms with Crippen LogP contribution in [0.4, 0.5) is 4.39 Å². The van der Waals surface area contributed by atoms with E-state index in [2.05, 4.69) is 6.08 Å². The van der Waals surface area contributed by atoms with Crippen molar-refractivity contribution in [3.05, 3.63) is 41.2 Å². The van der Waals surface area contributed by atoms with Crippen LogP contribution in [0.3, 0.4) is 0 Å². The summed E-state index contributed by atoms with van der Waals surface area (Å²) in [6.45, 7) is 1.98. The average Bonchev–Trinajstić information content (AvgIpc) is 2.23. The summed E-state index contributed by atoms with van der Waals surface area (Å²) in [5, 5.41) is 0. The van der Waals surface area contributed by atoms with Crippen LogP contribution in [0.15, 0.2) is 24.3 Å². The van der Waals surface area contributed by atoms with Gasteiger partial charge in [-0.15, -0.1) is 0 Å². The van der Waals surface area contributed by atoms with Gasteiger partial charge in [-0.3, -0.25) is 0 Å². The minimum absolute atomic E-state index is 0.123. The number of benzene rings is 1. The molecule has 2 N–H and O–H groups in total. The molecule has 0 bridgehead atoms. The van der Waals surface area contributed by atoms with Crippen molar-refractivity contribution in [3.8, 4) is 0 Å². The summed E-state index contributed by atoms with van der Waals surface area (Å²) < 4.78 is 13.6. The summed E-state index contributed by atoms with van der Waals surface area (Å²) in [5.74, 6) is -0.123. The lowest BCUT2D eigenvalue weighted by atomic mass is 9.90. The largest absolute Gasteiger partial charge is 0.327 e. The van der Waals surface area contributed by atoms with E-state index in [0.29, 0.717) is 0 Å². The minimum atomic E-state index is -0.123. The fourth-order valence-corrected chi connectivity index (χ4v) is 1.98. The second-order valence-corrected chi connectivity index (χ2v) is 4.25. The standard InChI is InChI=1S/C13H16FN/c1-9-2-7-13(14)12(8-9)10-3-5-11(15)6-4-10/h2-3,7-8,11H,4-6,15H2,1H3. The first-order chi connectivity index (χ1) is 7.16. The van der Waals surface area contributed by atoms with Crippen molar-refractivity contribution >= 4 is 5.57 Å². The molecule has 1 nitrogen and oxygen atoms in total. The molecule has 0 amide bonds. The second kappa shape index (κ2) is 4.15. The number of hydrogen-bond donors (Lipinski definition) is 1. The van der Waals surface area contributed by atoms with Crippen LogP contribution in [0.5, 0.6) is 0 Å². The van der Waals surface area contributed by atoms with Gasteiger partial charge in [0.1, 0.15) is 5.82 Å². The summed E-state index contributed by atoms with van der Waals surface area (Å²) in [7, 11) is 0. The zero-order valence-corrected chi connectivity index (χ0v) is 8.96. The normalized spacial score (nSPS) is 21.3. The fraction of sp³-hybridized carbons (Fsp3) is 0.385. The zero-order valence-electron chi connectivity index (χ0n) is 8.96. The lowest BCUT2D eigenvalue weighted by Crippen LogP contribution is -2.21. The molecule has 0 heterocycles. The van der Waals surface area contributed by atoms with Crippen LogP contribution in [0, 0.1) is 12.7 Å². The van der Waals surface area contributed by atoms with E-state index >= 15 is 0 Å². The molecule has 0 spiro atoms. The third-order valence-corrected chi connectivity index (χ3v) is 2.92. The molecule has 0 radical (unpaired) electrons. The van der Waals surface area contributed by atoms with Gasteiger partial charge in [-0.05, 0) is 43.9 Å². The van der Waals surface area contributed by atoms with Crippen molar-refractivity contribution in [2.75, 3.05) is 0 Å². The zero-order chi connectivity index (χ0) is 10.8. The Balaban J connectivity index is 2.33. The molecule has 80 valence electrons. The van der Waals surface area contributed by atoms with Crippen LogP contribution in [-0.4, -0.2) is 6.04 Å². The van der Waals surface area contributed by atoms with E-state index < -0.39 is 0 Å². The van der Waals surface area contributed by atoms with Gasteiger partial charge < -0.3 is 5.73 Å². The van der Waals surface area contributed by atoms with E-state index in [1.54, 1.807) is 12.1 Å². The van der Waals surface area contributed by atoms with Crippen molar-refractivity contribution in [1.29, 1.82) is 0 Å². The van der Waals surface area contributed by atoms with Gasteiger partial charge >= 0.3 is 0 Å². The van der Waals surface area contributed by atoms with Crippen LogP contribution < -0.4 is 5.73 Å². The highest BCUT2D eigenvalue weighted by atomic mass is 19.1. The van der Waals surface area contributed by atoms with Gasteiger partial charge in [-0.25, -0.2) is 4.39 Å². The molecule has 2 rings (SSSR count). The minimum Gasteiger partial charge on any atom is -0.327 e. The lowest BCUT2D eigenvalue weighted by molar-refractivity contribution is 0.601. The molecule has 1 atom stereocenters. The van der Waals surface area contributed by atoms with E-state index in [1.165, 1.54) is 0 Å². The van der Waals surface area contributed by atoms with Crippen LogP contribution in [0.25, 0.3) is 5.57 Å². The van der Waals surface area contributed by atoms with Crippen LogP contribution in [0.2, 0.25) is 0 Å². The SMILES string of the molecule is Cc1ccc(F)c(C2=CCC(N)CC2)c1. The van der Waals surface area contributed by atoms with E-state index in [1.807, 2.05) is 13.0 Å². The fourth-order valence-electron chi connectivity index (χ4n) is 1.98. The molecule has 0 saturated carbocycles. The summed E-state index contributed by atoms with van der Waals surface area (Å²) in [5.41, 5.74) is 8.76. The van der Waals surface area contributed by atoms with Gasteiger partial charge in [0.2, 0.25) is 0 Å². The average molecular weight is 205 g/mol. The molecule has 0 fully saturated rings. The van der Waals surface area contributed by atoms with Crippen molar-refractivity contribution in [2.45, 2.75) is 32.2 Å². The summed E-state index contributed by atoms with van der Waals surface area (Å²) in [6, 6.07) is 5.51. The molecular formula is C13H16FN. The number of aryl methyl sites for hydroxylation is 1. The molecule has 0 aliphatic heterocycles. The van der Waals surface area contributed by atoms with Gasteiger partial charge in [0, 0.05) is 11.6 Å². The third kappa shape index (κ3) is 2.26. The predicted octanol–water partition coefficient (Wildman–Crippen LogP) is 3.03. The molecule has 0 saturated heterocycles. The molecule has 1 unspecified atom stereocenters. The highest BCUT2D eigenvalue weighted by Crippen LogP contribution is 2.28. The summed E-state index contributed by atoms with van der Waals surface area (Å²) >= 11 is 0. The molecule has 1 aromatic carbocycles. The first-order valence-electron chi connectivity index (χ1n) is 5.38. The molecule has 0 aromatic heterocycles. The number of rotatable bonds is 1. The van der Waals surface area contributed by atoms with E-state index in [4.69, 9.17) is 5.73 Å². The van der Waals surface area contributed by atoms with Crippen LogP contribution in [-0.2, 0) is 0 Å². The summed E-state index contributed by atoms with van der Waals surface area (Å²) in [6.07, 6.45) is 4.79. The Kier molecular flexibility index (Phi) is 2.87. The maximum Gasteiger partial charge on any atom is 0.130 e. The van der Waals surface area contributed by atoms with E-state index in [9.17, 15) is 4.39 Å². The number of allylic oxidation sites excluding steroid dienone is 1. The topological polar surface area (TPSA) is 26.0 Å². The molecular weight excluding hydrogens is 189 g/mol. The lowest BCUT2D eigenvalue weighted by Gasteiger charge is -2.19. The Morgan fingerprint density at radius 1 is 1.40 bits per heavy atom. The number of nitrogens with two attached hydrogens (primary N) is 1. The van der Waals surface area contributed by atoms with Crippen LogP contribution in [0.1, 0.15) is 30.4 Å². The van der Waals surface area contributed by atoms with Crippen LogP contribution >= 0.6 is 0 Å². The quantitative estimate of drug-likeness (QED) is 0.749. The summed E-state index contributed by atoms with van der Waals surface area (Å²) in [4.78, 5) is 0. The maximum absolute atomic E-state index is 13.6. The first kappa shape index (κ1) is 10.4. The van der Waals surface area contributed by atoms with Crippen molar-refractivity contribution in [2.24, 2.45) is 5.73 Å². The van der Waals surface area contributed by atoms with E-state index in [-0.39, 0.29) is 11.9 Å². The maximum atomic E-state index is 13.6. The van der Waals surface area contributed by atoms with Crippen molar-refractivity contribution in [3.63, 3.8) is 0 Å². The van der Waals surface area contributed by atoms with E-state index in [0.717, 1.165) is 36.0 Å². The Hall–Kier alpha value is -1.15. The van der Waals surface area contributed by atoms with Gasteiger partial charge in [0.15, 0.2) is 0 Å². The Morgan fingerprint density at radius 3 is 2.87 bits per heavy atom. The Bertz CT molecular complexity index is 396. The van der Waals surface area contributed by atoms with Gasteiger partial charge in [0.25, 0.3) is 0 Å². The molecule has 1 aliphatic rings. The molecule has 2 heteroatoms. The van der Waals surface area contributed by atoms with Gasteiger partial charge in [0.05, 0.1) is 0 Å². The number of hydrogen-bond acceptors (Lipinski definition) is 1. The molecule has 1 aliphatic carbocycles. The molecule has 1 aromatic rings. The van der Waals surface area contributed by atoms with Gasteiger partial charge in [-0.1, -0.05) is 17.7 Å². The third-order valence-electron chi connectivity index (χ3n) is 2.92. The Morgan fingerprint density at radius 2 is 2.20 bits per heavy atom.